The van der Waals surface area contributed by atoms with Crippen molar-refractivity contribution in [2.45, 2.75) is 11.3 Å². The quantitative estimate of drug-likeness (QED) is 0.838. The molecule has 0 unspecified atom stereocenters. The molecule has 0 aromatic heterocycles. The fourth-order valence-electron chi connectivity index (χ4n) is 2.04. The SMILES string of the molecule is O=C(C(F)F)N1CCN(S(=O)(=O)c2ccc(Cl)cc2)CC1. The highest BCUT2D eigenvalue weighted by Gasteiger charge is 2.32. The van der Waals surface area contributed by atoms with Crippen molar-refractivity contribution in [3.05, 3.63) is 29.3 Å². The number of benzene rings is 1. The van der Waals surface area contributed by atoms with Gasteiger partial charge in [-0.05, 0) is 24.3 Å². The molecule has 1 aromatic carbocycles. The van der Waals surface area contributed by atoms with Crippen LogP contribution < -0.4 is 0 Å². The predicted octanol–water partition coefficient (Wildman–Crippen LogP) is 1.44. The van der Waals surface area contributed by atoms with E-state index in [-0.39, 0.29) is 31.1 Å². The van der Waals surface area contributed by atoms with Crippen LogP contribution in [0.15, 0.2) is 29.2 Å². The van der Waals surface area contributed by atoms with Crippen molar-refractivity contribution in [2.24, 2.45) is 0 Å². The average Bonchev–Trinajstić information content (AvgIpc) is 2.47. The Hall–Kier alpha value is -1.25. The van der Waals surface area contributed by atoms with Crippen LogP contribution in [-0.2, 0) is 14.8 Å². The van der Waals surface area contributed by atoms with Gasteiger partial charge in [0.15, 0.2) is 0 Å². The number of halogens is 3. The number of nitrogens with zero attached hydrogens (tertiary/aromatic N) is 2. The van der Waals surface area contributed by atoms with Crippen molar-refractivity contribution in [1.29, 1.82) is 0 Å². The summed E-state index contributed by atoms with van der Waals surface area (Å²) in [5.74, 6) is -1.27. The summed E-state index contributed by atoms with van der Waals surface area (Å²) in [6.45, 7) is -0.112. The van der Waals surface area contributed by atoms with Crippen LogP contribution in [0.25, 0.3) is 0 Å². The van der Waals surface area contributed by atoms with E-state index < -0.39 is 22.4 Å². The van der Waals surface area contributed by atoms with Crippen LogP contribution in [0, 0.1) is 0 Å². The van der Waals surface area contributed by atoms with Crippen LogP contribution in [-0.4, -0.2) is 56.1 Å². The van der Waals surface area contributed by atoms with Gasteiger partial charge in [-0.1, -0.05) is 11.6 Å². The van der Waals surface area contributed by atoms with Crippen molar-refractivity contribution in [3.8, 4) is 0 Å². The summed E-state index contributed by atoms with van der Waals surface area (Å²) < 4.78 is 50.5. The molecular weight excluding hydrogens is 326 g/mol. The zero-order chi connectivity index (χ0) is 15.6. The third-order valence-electron chi connectivity index (χ3n) is 3.19. The lowest BCUT2D eigenvalue weighted by atomic mass is 10.3. The van der Waals surface area contributed by atoms with E-state index in [1.54, 1.807) is 0 Å². The van der Waals surface area contributed by atoms with Crippen LogP contribution in [0.2, 0.25) is 5.02 Å². The van der Waals surface area contributed by atoms with Gasteiger partial charge in [-0.2, -0.15) is 13.1 Å². The van der Waals surface area contributed by atoms with Crippen molar-refractivity contribution in [3.63, 3.8) is 0 Å². The minimum atomic E-state index is -3.70. The molecule has 1 amide bonds. The smallest absolute Gasteiger partial charge is 0.315 e. The van der Waals surface area contributed by atoms with Crippen molar-refractivity contribution < 1.29 is 22.0 Å². The van der Waals surface area contributed by atoms with Crippen LogP contribution >= 0.6 is 11.6 Å². The molecule has 0 N–H and O–H groups in total. The molecule has 2 rings (SSSR count). The first-order chi connectivity index (χ1) is 9.82. The van der Waals surface area contributed by atoms with Gasteiger partial charge in [0.05, 0.1) is 4.90 Å². The lowest BCUT2D eigenvalue weighted by Gasteiger charge is -2.33. The van der Waals surface area contributed by atoms with Crippen LogP contribution in [0.1, 0.15) is 0 Å². The summed E-state index contributed by atoms with van der Waals surface area (Å²) in [4.78, 5) is 12.2. The van der Waals surface area contributed by atoms with Gasteiger partial charge in [-0.25, -0.2) is 8.42 Å². The second-order valence-electron chi connectivity index (χ2n) is 4.48. The number of carbonyl (C=O) groups excluding carboxylic acids is 1. The number of sulfonamides is 1. The normalized spacial score (nSPS) is 17.2. The standard InChI is InChI=1S/C12H13ClF2N2O3S/c13-9-1-3-10(4-2-9)21(19,20)17-7-5-16(6-8-17)12(18)11(14)15/h1-4,11H,5-8H2. The highest BCUT2D eigenvalue weighted by molar-refractivity contribution is 7.89. The van der Waals surface area contributed by atoms with E-state index in [0.717, 1.165) is 4.90 Å². The van der Waals surface area contributed by atoms with Gasteiger partial charge in [-0.3, -0.25) is 4.79 Å². The molecule has 1 saturated heterocycles. The molecule has 0 aliphatic carbocycles. The first-order valence-corrected chi connectivity index (χ1v) is 7.97. The van der Waals surface area contributed by atoms with Gasteiger partial charge in [0, 0.05) is 31.2 Å². The fraction of sp³-hybridized carbons (Fsp3) is 0.417. The molecule has 1 heterocycles. The lowest BCUT2D eigenvalue weighted by Crippen LogP contribution is -2.51. The second kappa shape index (κ2) is 6.25. The molecule has 116 valence electrons. The first kappa shape index (κ1) is 16.1. The van der Waals surface area contributed by atoms with Gasteiger partial charge < -0.3 is 4.90 Å². The maximum Gasteiger partial charge on any atom is 0.315 e. The topological polar surface area (TPSA) is 57.7 Å². The Morgan fingerprint density at radius 2 is 1.62 bits per heavy atom. The van der Waals surface area contributed by atoms with Crippen molar-refractivity contribution >= 4 is 27.5 Å². The first-order valence-electron chi connectivity index (χ1n) is 6.15. The minimum absolute atomic E-state index is 0.0105. The molecule has 0 radical (unpaired) electrons. The van der Waals surface area contributed by atoms with Gasteiger partial charge in [0.2, 0.25) is 10.0 Å². The third kappa shape index (κ3) is 3.50. The summed E-state index contributed by atoms with van der Waals surface area (Å²) in [5, 5.41) is 0.418. The summed E-state index contributed by atoms with van der Waals surface area (Å²) in [6, 6.07) is 5.69. The predicted molar refractivity (Wildman–Crippen MR) is 72.8 cm³/mol. The molecular formula is C12H13ClF2N2O3S. The van der Waals surface area contributed by atoms with Gasteiger partial charge in [0.1, 0.15) is 0 Å². The maximum atomic E-state index is 12.3. The molecule has 0 atom stereocenters. The van der Waals surface area contributed by atoms with Crippen molar-refractivity contribution in [2.75, 3.05) is 26.2 Å². The van der Waals surface area contributed by atoms with Crippen LogP contribution in [0.4, 0.5) is 8.78 Å². The molecule has 1 fully saturated rings. The Kier molecular flexibility index (Phi) is 4.80. The van der Waals surface area contributed by atoms with E-state index in [1.807, 2.05) is 0 Å². The zero-order valence-electron chi connectivity index (χ0n) is 10.9. The Labute approximate surface area is 126 Å². The molecule has 9 heteroatoms. The van der Waals surface area contributed by atoms with E-state index in [4.69, 9.17) is 11.6 Å². The summed E-state index contributed by atoms with van der Waals surface area (Å²) in [7, 11) is -3.70. The van der Waals surface area contributed by atoms with Crippen LogP contribution in [0.3, 0.4) is 0 Å². The lowest BCUT2D eigenvalue weighted by molar-refractivity contribution is -0.144. The van der Waals surface area contributed by atoms with Gasteiger partial charge >= 0.3 is 6.43 Å². The molecule has 1 aliphatic rings. The summed E-state index contributed by atoms with van der Waals surface area (Å²) in [5.41, 5.74) is 0. The Morgan fingerprint density at radius 3 is 2.10 bits per heavy atom. The Bertz CT molecular complexity index is 614. The Balaban J connectivity index is 2.07. The third-order valence-corrected chi connectivity index (χ3v) is 5.35. The summed E-state index contributed by atoms with van der Waals surface area (Å²) >= 11 is 5.71. The van der Waals surface area contributed by atoms with Gasteiger partial charge in [-0.15, -0.1) is 0 Å². The molecule has 0 saturated carbocycles. The monoisotopic (exact) mass is 338 g/mol. The van der Waals surface area contributed by atoms with Crippen molar-refractivity contribution in [1.82, 2.24) is 9.21 Å². The minimum Gasteiger partial charge on any atom is -0.335 e. The Morgan fingerprint density at radius 1 is 1.10 bits per heavy atom. The molecule has 21 heavy (non-hydrogen) atoms. The molecule has 1 aromatic rings. The fourth-order valence-corrected chi connectivity index (χ4v) is 3.59. The van der Waals surface area contributed by atoms with E-state index in [0.29, 0.717) is 5.02 Å². The summed E-state index contributed by atoms with van der Waals surface area (Å²) in [6.07, 6.45) is -3.07. The van der Waals surface area contributed by atoms with E-state index in [9.17, 15) is 22.0 Å². The zero-order valence-corrected chi connectivity index (χ0v) is 12.4. The number of rotatable bonds is 3. The average molecular weight is 339 g/mol. The van der Waals surface area contributed by atoms with Gasteiger partial charge in [0.25, 0.3) is 5.91 Å². The highest BCUT2D eigenvalue weighted by atomic mass is 35.5. The molecule has 5 nitrogen and oxygen atoms in total. The molecule has 0 spiro atoms. The number of piperazine rings is 1. The number of hydrogen-bond acceptors (Lipinski definition) is 3. The maximum absolute atomic E-state index is 12.3. The van der Waals surface area contributed by atoms with Crippen LogP contribution in [0.5, 0.6) is 0 Å². The molecule has 1 aliphatic heterocycles. The highest BCUT2D eigenvalue weighted by Crippen LogP contribution is 2.20. The number of hydrogen-bond donors (Lipinski definition) is 0. The number of alkyl halides is 2. The largest absolute Gasteiger partial charge is 0.335 e. The van der Waals surface area contributed by atoms with E-state index >= 15 is 0 Å². The molecule has 0 bridgehead atoms. The van der Waals surface area contributed by atoms with E-state index in [1.165, 1.54) is 28.6 Å². The number of amides is 1. The van der Waals surface area contributed by atoms with E-state index in [2.05, 4.69) is 0 Å². The second-order valence-corrected chi connectivity index (χ2v) is 6.86. The number of carbonyl (C=O) groups is 1.